The molecule has 0 amide bonds. The van der Waals surface area contributed by atoms with Crippen LogP contribution < -0.4 is 5.32 Å². The third-order valence-corrected chi connectivity index (χ3v) is 2.12. The normalized spacial score (nSPS) is 10.0. The minimum atomic E-state index is 0.680. The first-order valence-electron chi connectivity index (χ1n) is 3.84. The molecular formula is C9H11Cl2N. The summed E-state index contributed by atoms with van der Waals surface area (Å²) in [5.74, 6) is 0. The lowest BCUT2D eigenvalue weighted by Crippen LogP contribution is -1.99. The van der Waals surface area contributed by atoms with Crippen LogP contribution in [0.15, 0.2) is 12.1 Å². The van der Waals surface area contributed by atoms with Gasteiger partial charge >= 0.3 is 0 Å². The zero-order valence-corrected chi connectivity index (χ0v) is 8.63. The van der Waals surface area contributed by atoms with Gasteiger partial charge in [-0.15, -0.1) is 0 Å². The van der Waals surface area contributed by atoms with Gasteiger partial charge < -0.3 is 5.32 Å². The molecule has 1 nitrogen and oxygen atoms in total. The van der Waals surface area contributed by atoms with E-state index in [0.717, 1.165) is 17.8 Å². The van der Waals surface area contributed by atoms with E-state index in [9.17, 15) is 0 Å². The molecule has 0 atom stereocenters. The average Bonchev–Trinajstić information content (AvgIpc) is 1.96. The Morgan fingerprint density at radius 2 is 2.00 bits per heavy atom. The molecule has 3 heteroatoms. The van der Waals surface area contributed by atoms with E-state index in [-0.39, 0.29) is 0 Å². The van der Waals surface area contributed by atoms with Gasteiger partial charge in [0.25, 0.3) is 0 Å². The molecule has 12 heavy (non-hydrogen) atoms. The zero-order chi connectivity index (χ0) is 9.14. The van der Waals surface area contributed by atoms with Crippen LogP contribution in [0.5, 0.6) is 0 Å². The van der Waals surface area contributed by atoms with Crippen molar-refractivity contribution in [2.45, 2.75) is 13.8 Å². The molecule has 1 rings (SSSR count). The maximum Gasteiger partial charge on any atom is 0.0655 e. The number of aryl methyl sites for hydroxylation is 1. The van der Waals surface area contributed by atoms with E-state index < -0.39 is 0 Å². The molecule has 0 aliphatic carbocycles. The second-order valence-electron chi connectivity index (χ2n) is 2.61. The van der Waals surface area contributed by atoms with E-state index in [1.165, 1.54) is 0 Å². The molecular weight excluding hydrogens is 193 g/mol. The second-order valence-corrected chi connectivity index (χ2v) is 3.45. The van der Waals surface area contributed by atoms with Crippen LogP contribution in [0, 0.1) is 6.92 Å². The largest absolute Gasteiger partial charge is 0.384 e. The zero-order valence-electron chi connectivity index (χ0n) is 7.12. The van der Waals surface area contributed by atoms with Crippen LogP contribution in [-0.4, -0.2) is 6.54 Å². The van der Waals surface area contributed by atoms with E-state index in [0.29, 0.717) is 10.0 Å². The maximum atomic E-state index is 5.97. The van der Waals surface area contributed by atoms with E-state index >= 15 is 0 Å². The van der Waals surface area contributed by atoms with Gasteiger partial charge in [0.2, 0.25) is 0 Å². The summed E-state index contributed by atoms with van der Waals surface area (Å²) >= 11 is 11.8. The van der Waals surface area contributed by atoms with Crippen molar-refractivity contribution in [3.63, 3.8) is 0 Å². The predicted octanol–water partition coefficient (Wildman–Crippen LogP) is 3.73. The van der Waals surface area contributed by atoms with Gasteiger partial charge in [0.05, 0.1) is 10.7 Å². The summed E-state index contributed by atoms with van der Waals surface area (Å²) in [6, 6.07) is 3.64. The summed E-state index contributed by atoms with van der Waals surface area (Å²) in [6.45, 7) is 4.88. The van der Waals surface area contributed by atoms with Crippen molar-refractivity contribution in [1.29, 1.82) is 0 Å². The quantitative estimate of drug-likeness (QED) is 0.773. The van der Waals surface area contributed by atoms with Crippen molar-refractivity contribution in [2.75, 3.05) is 11.9 Å². The molecule has 0 heterocycles. The Hall–Kier alpha value is -0.400. The van der Waals surface area contributed by atoms with E-state index in [1.807, 2.05) is 19.9 Å². The minimum Gasteiger partial charge on any atom is -0.384 e. The smallest absolute Gasteiger partial charge is 0.0655 e. The molecule has 1 aromatic carbocycles. The first kappa shape index (κ1) is 9.69. The fourth-order valence-corrected chi connectivity index (χ4v) is 1.76. The van der Waals surface area contributed by atoms with Gasteiger partial charge in [-0.25, -0.2) is 0 Å². The third kappa shape index (κ3) is 2.05. The fraction of sp³-hybridized carbons (Fsp3) is 0.333. The Labute approximate surface area is 82.7 Å². The number of halogens is 2. The highest BCUT2D eigenvalue weighted by Crippen LogP contribution is 2.29. The van der Waals surface area contributed by atoms with Gasteiger partial charge in [-0.3, -0.25) is 0 Å². The first-order valence-corrected chi connectivity index (χ1v) is 4.60. The molecule has 1 N–H and O–H groups in total. The van der Waals surface area contributed by atoms with Crippen molar-refractivity contribution in [3.05, 3.63) is 27.7 Å². The Balaban J connectivity index is 3.10. The molecule has 0 aromatic heterocycles. The van der Waals surface area contributed by atoms with Crippen molar-refractivity contribution in [2.24, 2.45) is 0 Å². The summed E-state index contributed by atoms with van der Waals surface area (Å²) in [4.78, 5) is 0. The van der Waals surface area contributed by atoms with Gasteiger partial charge in [0.1, 0.15) is 0 Å². The molecule has 0 aliphatic heterocycles. The molecule has 0 aliphatic rings. The molecule has 1 aromatic rings. The molecule has 66 valence electrons. The van der Waals surface area contributed by atoms with Crippen LogP contribution in [-0.2, 0) is 0 Å². The maximum absolute atomic E-state index is 5.97. The van der Waals surface area contributed by atoms with Crippen LogP contribution in [0.3, 0.4) is 0 Å². The summed E-state index contributed by atoms with van der Waals surface area (Å²) in [5, 5.41) is 4.54. The molecule has 0 bridgehead atoms. The number of hydrogen-bond donors (Lipinski definition) is 1. The second kappa shape index (κ2) is 4.01. The SMILES string of the molecule is CCNc1c(C)cc(Cl)cc1Cl. The average molecular weight is 204 g/mol. The highest BCUT2D eigenvalue weighted by molar-refractivity contribution is 6.36. The van der Waals surface area contributed by atoms with E-state index in [1.54, 1.807) is 6.07 Å². The van der Waals surface area contributed by atoms with Crippen LogP contribution in [0.2, 0.25) is 10.0 Å². The van der Waals surface area contributed by atoms with E-state index in [4.69, 9.17) is 23.2 Å². The standard InChI is InChI=1S/C9H11Cl2N/c1-3-12-9-6(2)4-7(10)5-8(9)11/h4-5,12H,3H2,1-2H3. The molecule has 0 radical (unpaired) electrons. The Bertz CT molecular complexity index is 261. The summed E-state index contributed by atoms with van der Waals surface area (Å²) < 4.78 is 0. The molecule has 0 saturated heterocycles. The van der Waals surface area contributed by atoms with Gasteiger partial charge in [-0.2, -0.15) is 0 Å². The van der Waals surface area contributed by atoms with Crippen molar-refractivity contribution in [3.8, 4) is 0 Å². The highest BCUT2D eigenvalue weighted by Gasteiger charge is 2.03. The van der Waals surface area contributed by atoms with Crippen molar-refractivity contribution >= 4 is 28.9 Å². The summed E-state index contributed by atoms with van der Waals surface area (Å²) in [6.07, 6.45) is 0. The Morgan fingerprint density at radius 3 is 2.50 bits per heavy atom. The highest BCUT2D eigenvalue weighted by atomic mass is 35.5. The van der Waals surface area contributed by atoms with Crippen LogP contribution in [0.25, 0.3) is 0 Å². The van der Waals surface area contributed by atoms with Gasteiger partial charge in [0.15, 0.2) is 0 Å². The van der Waals surface area contributed by atoms with Gasteiger partial charge in [-0.1, -0.05) is 23.2 Å². The lowest BCUT2D eigenvalue weighted by atomic mass is 10.2. The molecule has 0 spiro atoms. The van der Waals surface area contributed by atoms with Gasteiger partial charge in [-0.05, 0) is 31.5 Å². The summed E-state index contributed by atoms with van der Waals surface area (Å²) in [5.41, 5.74) is 2.05. The predicted molar refractivity (Wildman–Crippen MR) is 55.4 cm³/mol. The number of benzene rings is 1. The minimum absolute atomic E-state index is 0.680. The number of nitrogens with one attached hydrogen (secondary N) is 1. The van der Waals surface area contributed by atoms with Crippen molar-refractivity contribution < 1.29 is 0 Å². The monoisotopic (exact) mass is 203 g/mol. The van der Waals surface area contributed by atoms with Crippen LogP contribution in [0.1, 0.15) is 12.5 Å². The van der Waals surface area contributed by atoms with E-state index in [2.05, 4.69) is 5.32 Å². The first-order chi connectivity index (χ1) is 5.65. The number of anilines is 1. The lowest BCUT2D eigenvalue weighted by Gasteiger charge is -2.09. The molecule has 0 fully saturated rings. The Kier molecular flexibility index (Phi) is 3.24. The number of hydrogen-bond acceptors (Lipinski definition) is 1. The topological polar surface area (TPSA) is 12.0 Å². The summed E-state index contributed by atoms with van der Waals surface area (Å²) in [7, 11) is 0. The van der Waals surface area contributed by atoms with Gasteiger partial charge in [0, 0.05) is 11.6 Å². The molecule has 0 unspecified atom stereocenters. The fourth-order valence-electron chi connectivity index (χ4n) is 1.10. The Morgan fingerprint density at radius 1 is 1.33 bits per heavy atom. The number of rotatable bonds is 2. The lowest BCUT2D eigenvalue weighted by molar-refractivity contribution is 1.20. The third-order valence-electron chi connectivity index (χ3n) is 1.61. The molecule has 0 saturated carbocycles. The van der Waals surface area contributed by atoms with Crippen LogP contribution >= 0.6 is 23.2 Å². The van der Waals surface area contributed by atoms with Crippen LogP contribution in [0.4, 0.5) is 5.69 Å². The van der Waals surface area contributed by atoms with Crippen molar-refractivity contribution in [1.82, 2.24) is 0 Å².